The monoisotopic (exact) mass is 259 g/mol. The van der Waals surface area contributed by atoms with Gasteiger partial charge in [-0.2, -0.15) is 4.98 Å². The Morgan fingerprint density at radius 1 is 1.00 bits per heavy atom. The topological polar surface area (TPSA) is 47.5 Å². The van der Waals surface area contributed by atoms with Crippen LogP contribution in [-0.2, 0) is 0 Å². The molecule has 5 heteroatoms. The second-order valence-corrected chi connectivity index (χ2v) is 4.21. The molecule has 0 amide bonds. The average Bonchev–Trinajstić information content (AvgIpc) is 2.46. The van der Waals surface area contributed by atoms with Crippen LogP contribution in [0.1, 0.15) is 0 Å². The van der Waals surface area contributed by atoms with Crippen LogP contribution >= 0.6 is 0 Å². The minimum atomic E-state index is 0.526. The van der Waals surface area contributed by atoms with Crippen LogP contribution in [0.3, 0.4) is 0 Å². The number of rotatable bonds is 4. The lowest BCUT2D eigenvalue weighted by Crippen LogP contribution is -2.10. The van der Waals surface area contributed by atoms with Gasteiger partial charge in [0, 0.05) is 37.5 Å². The van der Waals surface area contributed by atoms with Crippen molar-refractivity contribution in [2.24, 2.45) is 0 Å². The predicted octanol–water partition coefficient (Wildman–Crippen LogP) is 2.23. The van der Waals surface area contributed by atoms with E-state index in [0.29, 0.717) is 11.8 Å². The number of methoxy groups -OCH3 is 2. The first kappa shape index (κ1) is 13.1. The number of aromatic nitrogens is 2. The second-order valence-electron chi connectivity index (χ2n) is 4.21. The van der Waals surface area contributed by atoms with Gasteiger partial charge in [0.25, 0.3) is 0 Å². The zero-order valence-corrected chi connectivity index (χ0v) is 11.5. The highest BCUT2D eigenvalue weighted by molar-refractivity contribution is 5.69. The number of hydrogen-bond donors (Lipinski definition) is 0. The lowest BCUT2D eigenvalue weighted by molar-refractivity contribution is 0.366. The lowest BCUT2D eigenvalue weighted by atomic mass is 10.1. The SMILES string of the molecule is COc1ccc(-c2ccc(N(C)C)nc2)c(OC)n1. The molecule has 5 nitrogen and oxygen atoms in total. The minimum Gasteiger partial charge on any atom is -0.481 e. The van der Waals surface area contributed by atoms with Crippen LogP contribution in [-0.4, -0.2) is 38.3 Å². The quantitative estimate of drug-likeness (QED) is 0.842. The Kier molecular flexibility index (Phi) is 3.85. The Bertz CT molecular complexity index is 553. The maximum Gasteiger partial charge on any atom is 0.224 e. The summed E-state index contributed by atoms with van der Waals surface area (Å²) >= 11 is 0. The average molecular weight is 259 g/mol. The largest absolute Gasteiger partial charge is 0.481 e. The Morgan fingerprint density at radius 3 is 2.32 bits per heavy atom. The highest BCUT2D eigenvalue weighted by Crippen LogP contribution is 2.30. The molecule has 0 saturated carbocycles. The fourth-order valence-corrected chi connectivity index (χ4v) is 1.72. The van der Waals surface area contributed by atoms with Gasteiger partial charge in [0.1, 0.15) is 5.82 Å². The third-order valence-electron chi connectivity index (χ3n) is 2.75. The van der Waals surface area contributed by atoms with Crippen molar-refractivity contribution < 1.29 is 9.47 Å². The van der Waals surface area contributed by atoms with Crippen molar-refractivity contribution >= 4 is 5.82 Å². The summed E-state index contributed by atoms with van der Waals surface area (Å²) in [5, 5.41) is 0. The van der Waals surface area contributed by atoms with Gasteiger partial charge in [0.2, 0.25) is 11.8 Å². The number of hydrogen-bond acceptors (Lipinski definition) is 5. The number of nitrogens with zero attached hydrogens (tertiary/aromatic N) is 3. The summed E-state index contributed by atoms with van der Waals surface area (Å²) in [7, 11) is 7.08. The zero-order chi connectivity index (χ0) is 13.8. The van der Waals surface area contributed by atoms with Gasteiger partial charge in [-0.05, 0) is 18.2 Å². The van der Waals surface area contributed by atoms with Crippen LogP contribution in [0.2, 0.25) is 0 Å². The van der Waals surface area contributed by atoms with E-state index in [1.807, 2.05) is 37.2 Å². The third kappa shape index (κ3) is 2.76. The van der Waals surface area contributed by atoms with Crippen LogP contribution in [0.4, 0.5) is 5.82 Å². The summed E-state index contributed by atoms with van der Waals surface area (Å²) in [6.07, 6.45) is 1.81. The Morgan fingerprint density at radius 2 is 1.79 bits per heavy atom. The van der Waals surface area contributed by atoms with Crippen molar-refractivity contribution in [1.82, 2.24) is 9.97 Å². The molecular formula is C14H17N3O2. The van der Waals surface area contributed by atoms with Crippen LogP contribution in [0.5, 0.6) is 11.8 Å². The molecule has 0 radical (unpaired) electrons. The molecule has 0 bridgehead atoms. The lowest BCUT2D eigenvalue weighted by Gasteiger charge is -2.12. The van der Waals surface area contributed by atoms with Crippen LogP contribution in [0.15, 0.2) is 30.5 Å². The van der Waals surface area contributed by atoms with Crippen molar-refractivity contribution in [2.45, 2.75) is 0 Å². The molecule has 2 rings (SSSR count). The first-order chi connectivity index (χ1) is 9.15. The van der Waals surface area contributed by atoms with E-state index < -0.39 is 0 Å². The number of anilines is 1. The van der Waals surface area contributed by atoms with Crippen LogP contribution < -0.4 is 14.4 Å². The maximum atomic E-state index is 5.29. The van der Waals surface area contributed by atoms with Crippen molar-refractivity contribution in [3.05, 3.63) is 30.5 Å². The predicted molar refractivity (Wildman–Crippen MR) is 74.9 cm³/mol. The first-order valence-corrected chi connectivity index (χ1v) is 5.88. The molecule has 2 heterocycles. The molecule has 0 atom stereocenters. The minimum absolute atomic E-state index is 0.526. The van der Waals surface area contributed by atoms with Crippen LogP contribution in [0.25, 0.3) is 11.1 Å². The summed E-state index contributed by atoms with van der Waals surface area (Å²) < 4.78 is 10.4. The standard InChI is InChI=1S/C14H17N3O2/c1-17(2)12-7-5-10(9-15-12)11-6-8-13(18-3)16-14(11)19-4/h5-9H,1-4H3. The Hall–Kier alpha value is -2.30. The normalized spacial score (nSPS) is 10.1. The summed E-state index contributed by atoms with van der Waals surface area (Å²) in [4.78, 5) is 10.6. The third-order valence-corrected chi connectivity index (χ3v) is 2.75. The van der Waals surface area contributed by atoms with Gasteiger partial charge in [0.15, 0.2) is 0 Å². The van der Waals surface area contributed by atoms with Gasteiger partial charge in [0.05, 0.1) is 14.2 Å². The van der Waals surface area contributed by atoms with Gasteiger partial charge >= 0.3 is 0 Å². The van der Waals surface area contributed by atoms with Gasteiger partial charge in [-0.15, -0.1) is 0 Å². The van der Waals surface area contributed by atoms with E-state index in [4.69, 9.17) is 9.47 Å². The molecule has 0 aliphatic carbocycles. The summed E-state index contributed by atoms with van der Waals surface area (Å²) in [6.45, 7) is 0. The molecule has 0 N–H and O–H groups in total. The summed E-state index contributed by atoms with van der Waals surface area (Å²) in [5.41, 5.74) is 1.85. The Balaban J connectivity index is 2.40. The second kappa shape index (κ2) is 5.56. The van der Waals surface area contributed by atoms with Crippen LogP contribution in [0, 0.1) is 0 Å². The fraction of sp³-hybridized carbons (Fsp3) is 0.286. The molecular weight excluding hydrogens is 242 g/mol. The molecule has 0 spiro atoms. The molecule has 0 aliphatic rings. The zero-order valence-electron chi connectivity index (χ0n) is 11.5. The number of pyridine rings is 2. The van der Waals surface area contributed by atoms with E-state index in [2.05, 4.69) is 9.97 Å². The maximum absolute atomic E-state index is 5.29. The first-order valence-electron chi connectivity index (χ1n) is 5.88. The van der Waals surface area contributed by atoms with Gasteiger partial charge in [-0.1, -0.05) is 0 Å². The summed E-state index contributed by atoms with van der Waals surface area (Å²) in [5.74, 6) is 1.96. The van der Waals surface area contributed by atoms with Gasteiger partial charge < -0.3 is 14.4 Å². The number of ether oxygens (including phenoxy) is 2. The molecule has 0 aliphatic heterocycles. The van der Waals surface area contributed by atoms with E-state index in [9.17, 15) is 0 Å². The molecule has 0 saturated heterocycles. The molecule has 0 unspecified atom stereocenters. The van der Waals surface area contributed by atoms with Gasteiger partial charge in [-0.3, -0.25) is 0 Å². The highest BCUT2D eigenvalue weighted by atomic mass is 16.5. The van der Waals surface area contributed by atoms with Gasteiger partial charge in [-0.25, -0.2) is 4.98 Å². The van der Waals surface area contributed by atoms with E-state index in [1.165, 1.54) is 0 Å². The fourth-order valence-electron chi connectivity index (χ4n) is 1.72. The molecule has 0 fully saturated rings. The van der Waals surface area contributed by atoms with Crippen molar-refractivity contribution in [3.8, 4) is 22.9 Å². The molecule has 100 valence electrons. The van der Waals surface area contributed by atoms with Crippen molar-refractivity contribution in [2.75, 3.05) is 33.2 Å². The van der Waals surface area contributed by atoms with E-state index in [0.717, 1.165) is 16.9 Å². The van der Waals surface area contributed by atoms with E-state index in [1.54, 1.807) is 26.5 Å². The molecule has 0 aromatic carbocycles. The van der Waals surface area contributed by atoms with Crippen molar-refractivity contribution in [1.29, 1.82) is 0 Å². The molecule has 2 aromatic heterocycles. The molecule has 2 aromatic rings. The van der Waals surface area contributed by atoms with E-state index in [-0.39, 0.29) is 0 Å². The van der Waals surface area contributed by atoms with E-state index >= 15 is 0 Å². The Labute approximate surface area is 112 Å². The van der Waals surface area contributed by atoms with Crippen molar-refractivity contribution in [3.63, 3.8) is 0 Å². The summed E-state index contributed by atoms with van der Waals surface area (Å²) in [6, 6.07) is 7.67. The highest BCUT2D eigenvalue weighted by Gasteiger charge is 2.09. The molecule has 19 heavy (non-hydrogen) atoms. The smallest absolute Gasteiger partial charge is 0.224 e.